The number of hydrogen-bond acceptors (Lipinski definition) is 2. The Balaban J connectivity index is 0. The predicted molar refractivity (Wildman–Crippen MR) is 48.1 cm³/mol. The second kappa shape index (κ2) is 8.24. The number of carbonyl (C=O) groups is 2. The lowest BCUT2D eigenvalue weighted by Crippen LogP contribution is -2.10. The Labute approximate surface area is 73.8 Å². The third-order valence-electron chi connectivity index (χ3n) is 1.33. The van der Waals surface area contributed by atoms with Crippen LogP contribution >= 0.6 is 0 Å². The normalized spacial score (nSPS) is 8.75. The van der Waals surface area contributed by atoms with E-state index in [1.54, 1.807) is 0 Å². The largest absolute Gasteiger partial charge is 0.481 e. The van der Waals surface area contributed by atoms with E-state index in [0.29, 0.717) is 0 Å². The first kappa shape index (κ1) is 13.7. The highest BCUT2D eigenvalue weighted by molar-refractivity contribution is 5.72. The van der Waals surface area contributed by atoms with Gasteiger partial charge in [-0.15, -0.1) is 0 Å². The molecule has 0 atom stereocenters. The average molecular weight is 174 g/mol. The molecular formula is C9H18O3. The molecule has 3 nitrogen and oxygen atoms in total. The summed E-state index contributed by atoms with van der Waals surface area (Å²) in [4.78, 5) is 19.6. The molecule has 0 fully saturated rings. The molecule has 12 heavy (non-hydrogen) atoms. The van der Waals surface area contributed by atoms with Crippen molar-refractivity contribution in [2.75, 3.05) is 0 Å². The highest BCUT2D eigenvalue weighted by Gasteiger charge is 2.10. The van der Waals surface area contributed by atoms with Gasteiger partial charge in [0.25, 0.3) is 0 Å². The van der Waals surface area contributed by atoms with Crippen molar-refractivity contribution in [1.29, 1.82) is 0 Å². The summed E-state index contributed by atoms with van der Waals surface area (Å²) in [6, 6.07) is 0. The smallest absolute Gasteiger partial charge is 0.306 e. The fourth-order valence-corrected chi connectivity index (χ4v) is 0.638. The van der Waals surface area contributed by atoms with Gasteiger partial charge in [-0.3, -0.25) is 4.79 Å². The topological polar surface area (TPSA) is 54.4 Å². The van der Waals surface area contributed by atoms with Gasteiger partial charge in [0.2, 0.25) is 0 Å². The summed E-state index contributed by atoms with van der Waals surface area (Å²) in [5.41, 5.74) is 0. The van der Waals surface area contributed by atoms with Crippen molar-refractivity contribution in [2.45, 2.75) is 40.5 Å². The van der Waals surface area contributed by atoms with Gasteiger partial charge in [-0.05, 0) is 26.7 Å². The fourth-order valence-electron chi connectivity index (χ4n) is 0.638. The third kappa shape index (κ3) is 11.9. The van der Waals surface area contributed by atoms with Crippen molar-refractivity contribution in [3.8, 4) is 0 Å². The van der Waals surface area contributed by atoms with Crippen LogP contribution in [0.2, 0.25) is 0 Å². The van der Waals surface area contributed by atoms with Gasteiger partial charge in [0.1, 0.15) is 5.78 Å². The number of aliphatic carboxylic acids is 1. The molecule has 0 aliphatic heterocycles. The van der Waals surface area contributed by atoms with Crippen molar-refractivity contribution in [1.82, 2.24) is 0 Å². The summed E-state index contributed by atoms with van der Waals surface area (Å²) < 4.78 is 0. The van der Waals surface area contributed by atoms with Crippen LogP contribution in [-0.4, -0.2) is 16.9 Å². The van der Waals surface area contributed by atoms with E-state index in [9.17, 15) is 9.59 Å². The molecule has 0 amide bonds. The molecule has 72 valence electrons. The van der Waals surface area contributed by atoms with Crippen LogP contribution in [-0.2, 0) is 9.59 Å². The Morgan fingerprint density at radius 2 is 1.42 bits per heavy atom. The minimum atomic E-state index is -0.671. The van der Waals surface area contributed by atoms with Crippen molar-refractivity contribution < 1.29 is 14.7 Å². The maximum atomic E-state index is 10.2. The van der Waals surface area contributed by atoms with Crippen LogP contribution < -0.4 is 0 Å². The quantitative estimate of drug-likeness (QED) is 0.712. The molecule has 0 aromatic rings. The molecule has 0 aliphatic carbocycles. The maximum absolute atomic E-state index is 10.2. The zero-order valence-electron chi connectivity index (χ0n) is 8.26. The molecule has 0 unspecified atom stereocenters. The van der Waals surface area contributed by atoms with Crippen LogP contribution in [0.4, 0.5) is 0 Å². The number of carboxylic acids is 1. The van der Waals surface area contributed by atoms with Gasteiger partial charge >= 0.3 is 5.97 Å². The minimum absolute atomic E-state index is 0.130. The lowest BCUT2D eigenvalue weighted by molar-refractivity contribution is -0.141. The van der Waals surface area contributed by atoms with E-state index in [2.05, 4.69) is 0 Å². The van der Waals surface area contributed by atoms with Crippen LogP contribution in [0.1, 0.15) is 40.5 Å². The van der Waals surface area contributed by atoms with Gasteiger partial charge in [-0.25, -0.2) is 0 Å². The molecule has 1 N–H and O–H groups in total. The maximum Gasteiger partial charge on any atom is 0.306 e. The summed E-state index contributed by atoms with van der Waals surface area (Å²) in [6.45, 7) is 6.84. The summed E-state index contributed by atoms with van der Waals surface area (Å²) in [5.74, 6) is -0.634. The van der Waals surface area contributed by atoms with Crippen molar-refractivity contribution >= 4 is 11.8 Å². The number of rotatable bonds is 3. The molecule has 0 saturated carbocycles. The van der Waals surface area contributed by atoms with Crippen LogP contribution in [0.25, 0.3) is 0 Å². The van der Waals surface area contributed by atoms with Gasteiger partial charge in [-0.1, -0.05) is 13.8 Å². The molecule has 0 bridgehead atoms. The number of carboxylic acid groups (broad SMARTS) is 1. The molecule has 0 saturated heterocycles. The molecule has 0 radical (unpaired) electrons. The molecule has 0 heterocycles. The predicted octanol–water partition coefficient (Wildman–Crippen LogP) is 2.10. The zero-order chi connectivity index (χ0) is 10.1. The van der Waals surface area contributed by atoms with Crippen LogP contribution in [0.15, 0.2) is 0 Å². The number of ketones is 1. The third-order valence-corrected chi connectivity index (χ3v) is 1.33. The van der Waals surface area contributed by atoms with Crippen molar-refractivity contribution in [3.63, 3.8) is 0 Å². The summed E-state index contributed by atoms with van der Waals surface area (Å²) in [5, 5.41) is 8.37. The lowest BCUT2D eigenvalue weighted by Gasteiger charge is -2.02. The molecule has 0 rings (SSSR count). The molecule has 0 aromatic carbocycles. The standard InChI is InChI=1S/C6H12O2.C3H6O/c1-3-5(4-2)6(7)8;1-3(2)4/h5H,3-4H2,1-2H3,(H,7,8);1-2H3. The van der Waals surface area contributed by atoms with E-state index in [1.807, 2.05) is 13.8 Å². The molecular weight excluding hydrogens is 156 g/mol. The van der Waals surface area contributed by atoms with Crippen LogP contribution in [0.5, 0.6) is 0 Å². The Morgan fingerprint density at radius 3 is 1.42 bits per heavy atom. The van der Waals surface area contributed by atoms with Crippen LogP contribution in [0.3, 0.4) is 0 Å². The van der Waals surface area contributed by atoms with Crippen LogP contribution in [0, 0.1) is 5.92 Å². The van der Waals surface area contributed by atoms with Gasteiger partial charge in [0.05, 0.1) is 5.92 Å². The average Bonchev–Trinajstić information content (AvgIpc) is 1.87. The van der Waals surface area contributed by atoms with Gasteiger partial charge in [0, 0.05) is 0 Å². The first-order valence-electron chi connectivity index (χ1n) is 4.15. The first-order valence-corrected chi connectivity index (χ1v) is 4.15. The Bertz CT molecular complexity index is 133. The van der Waals surface area contributed by atoms with E-state index in [-0.39, 0.29) is 11.7 Å². The summed E-state index contributed by atoms with van der Waals surface area (Å²) >= 11 is 0. The fraction of sp³-hybridized carbons (Fsp3) is 0.778. The summed E-state index contributed by atoms with van der Waals surface area (Å²) in [7, 11) is 0. The first-order chi connectivity index (χ1) is 5.45. The van der Waals surface area contributed by atoms with Crippen molar-refractivity contribution in [2.24, 2.45) is 5.92 Å². The SMILES string of the molecule is CC(C)=O.CCC(CC)C(=O)O. The highest BCUT2D eigenvalue weighted by Crippen LogP contribution is 2.05. The van der Waals surface area contributed by atoms with E-state index >= 15 is 0 Å². The van der Waals surface area contributed by atoms with E-state index in [4.69, 9.17) is 5.11 Å². The zero-order valence-corrected chi connectivity index (χ0v) is 8.26. The Morgan fingerprint density at radius 1 is 1.17 bits per heavy atom. The molecule has 0 aliphatic rings. The number of hydrogen-bond donors (Lipinski definition) is 1. The highest BCUT2D eigenvalue weighted by atomic mass is 16.4. The minimum Gasteiger partial charge on any atom is -0.481 e. The van der Waals surface area contributed by atoms with E-state index < -0.39 is 5.97 Å². The molecule has 0 aromatic heterocycles. The summed E-state index contributed by atoms with van der Waals surface area (Å²) in [6.07, 6.45) is 1.48. The Hall–Kier alpha value is -0.860. The number of carbonyl (C=O) groups excluding carboxylic acids is 1. The lowest BCUT2D eigenvalue weighted by atomic mass is 10.1. The van der Waals surface area contributed by atoms with E-state index in [0.717, 1.165) is 12.8 Å². The molecule has 0 spiro atoms. The second-order valence-corrected chi connectivity index (χ2v) is 2.76. The second-order valence-electron chi connectivity index (χ2n) is 2.76. The van der Waals surface area contributed by atoms with Crippen molar-refractivity contribution in [3.05, 3.63) is 0 Å². The number of Topliss-reactive ketones (excluding diaryl/α,β-unsaturated/α-hetero) is 1. The van der Waals surface area contributed by atoms with E-state index in [1.165, 1.54) is 13.8 Å². The van der Waals surface area contributed by atoms with Gasteiger partial charge < -0.3 is 9.90 Å². The van der Waals surface area contributed by atoms with Gasteiger partial charge in [-0.2, -0.15) is 0 Å². The Kier molecular flexibility index (Phi) is 9.41. The van der Waals surface area contributed by atoms with Gasteiger partial charge in [0.15, 0.2) is 0 Å². The molecule has 3 heteroatoms. The monoisotopic (exact) mass is 174 g/mol.